The highest BCUT2D eigenvalue weighted by Crippen LogP contribution is 2.38. The van der Waals surface area contributed by atoms with Gasteiger partial charge >= 0.3 is 5.97 Å². The molecule has 0 spiro atoms. The summed E-state index contributed by atoms with van der Waals surface area (Å²) in [5.74, 6) is -0.396. The molecular weight excluding hydrogens is 248 g/mol. The number of carbonyl (C=O) groups excluding carboxylic acids is 1. The summed E-state index contributed by atoms with van der Waals surface area (Å²) in [5.41, 5.74) is 0.314. The van der Waals surface area contributed by atoms with E-state index in [4.69, 9.17) is 16.3 Å². The van der Waals surface area contributed by atoms with Crippen molar-refractivity contribution in [2.45, 2.75) is 31.8 Å². The molecule has 0 aliphatic heterocycles. The molecule has 1 saturated carbocycles. The molecule has 5 heteroatoms. The molecule has 0 amide bonds. The van der Waals surface area contributed by atoms with Crippen LogP contribution in [0.2, 0.25) is 5.02 Å². The lowest BCUT2D eigenvalue weighted by atomic mass is 10.2. The van der Waals surface area contributed by atoms with E-state index >= 15 is 0 Å². The van der Waals surface area contributed by atoms with Crippen LogP contribution in [0.4, 0.5) is 0 Å². The number of hydrogen-bond acceptors (Lipinski definition) is 4. The number of aliphatic hydroxyl groups is 1. The van der Waals surface area contributed by atoms with Crippen LogP contribution in [0.5, 0.6) is 0 Å². The number of hydrogen-bond donors (Lipinski definition) is 1. The van der Waals surface area contributed by atoms with Gasteiger partial charge in [-0.15, -0.1) is 11.3 Å². The van der Waals surface area contributed by atoms with E-state index in [0.29, 0.717) is 16.3 Å². The van der Waals surface area contributed by atoms with E-state index in [1.165, 1.54) is 11.3 Å². The van der Waals surface area contributed by atoms with Crippen LogP contribution < -0.4 is 0 Å². The van der Waals surface area contributed by atoms with Gasteiger partial charge in [0.05, 0.1) is 17.2 Å². The topological polar surface area (TPSA) is 46.5 Å². The summed E-state index contributed by atoms with van der Waals surface area (Å²) in [6.07, 6.45) is 2.13. The largest absolute Gasteiger partial charge is 0.461 e. The zero-order valence-corrected chi connectivity index (χ0v) is 10.5. The summed E-state index contributed by atoms with van der Waals surface area (Å²) in [6.45, 7) is 2.10. The Morgan fingerprint density at radius 1 is 1.69 bits per heavy atom. The van der Waals surface area contributed by atoms with Gasteiger partial charge in [-0.3, -0.25) is 0 Å². The molecule has 1 fully saturated rings. The molecule has 1 aromatic rings. The number of ether oxygens (including phenoxy) is 1. The first-order chi connectivity index (χ1) is 7.52. The fourth-order valence-corrected chi connectivity index (χ4v) is 2.52. The van der Waals surface area contributed by atoms with Crippen molar-refractivity contribution in [2.24, 2.45) is 0 Å². The molecule has 1 aromatic heterocycles. The maximum Gasteiger partial charge on any atom is 0.349 e. The number of esters is 1. The van der Waals surface area contributed by atoms with Crippen molar-refractivity contribution in [3.63, 3.8) is 0 Å². The lowest BCUT2D eigenvalue weighted by Gasteiger charge is -2.07. The quantitative estimate of drug-likeness (QED) is 0.847. The van der Waals surface area contributed by atoms with E-state index in [9.17, 15) is 9.90 Å². The Labute approximate surface area is 103 Å². The summed E-state index contributed by atoms with van der Waals surface area (Å²) < 4.78 is 5.07. The first kappa shape index (κ1) is 11.9. The lowest BCUT2D eigenvalue weighted by Crippen LogP contribution is -2.13. The van der Waals surface area contributed by atoms with Crippen LogP contribution >= 0.6 is 22.9 Å². The molecular formula is C11H13ClO3S. The van der Waals surface area contributed by atoms with Crippen molar-refractivity contribution >= 4 is 28.9 Å². The average molecular weight is 261 g/mol. The van der Waals surface area contributed by atoms with Crippen LogP contribution in [0.25, 0.3) is 0 Å². The van der Waals surface area contributed by atoms with Gasteiger partial charge < -0.3 is 9.84 Å². The van der Waals surface area contributed by atoms with E-state index in [1.54, 1.807) is 0 Å². The summed E-state index contributed by atoms with van der Waals surface area (Å²) in [6, 6.07) is 0. The molecule has 1 aliphatic rings. The highest BCUT2D eigenvalue weighted by molar-refractivity contribution is 7.12. The van der Waals surface area contributed by atoms with Crippen LogP contribution in [-0.4, -0.2) is 23.3 Å². The van der Waals surface area contributed by atoms with Gasteiger partial charge in [0.25, 0.3) is 0 Å². The number of rotatable bonds is 4. The summed E-state index contributed by atoms with van der Waals surface area (Å²) in [5, 5.41) is 11.9. The summed E-state index contributed by atoms with van der Waals surface area (Å²) in [7, 11) is 0. The minimum Gasteiger partial charge on any atom is -0.461 e. The van der Waals surface area contributed by atoms with Gasteiger partial charge in [0, 0.05) is 6.42 Å². The number of aryl methyl sites for hydroxylation is 1. The molecule has 3 nitrogen and oxygen atoms in total. The number of halogens is 1. The molecule has 16 heavy (non-hydrogen) atoms. The highest BCUT2D eigenvalue weighted by atomic mass is 35.5. The average Bonchev–Trinajstić information content (AvgIpc) is 2.87. The van der Waals surface area contributed by atoms with E-state index in [2.05, 4.69) is 0 Å². The molecule has 1 aliphatic carbocycles. The molecule has 0 radical (unpaired) electrons. The minimum absolute atomic E-state index is 0.253. The van der Waals surface area contributed by atoms with Crippen LogP contribution in [-0.2, 0) is 4.74 Å². The zero-order chi connectivity index (χ0) is 11.8. The monoisotopic (exact) mass is 260 g/mol. The molecule has 1 N–H and O–H groups in total. The predicted octanol–water partition coefficient (Wildman–Crippen LogP) is 2.78. The van der Waals surface area contributed by atoms with Gasteiger partial charge in [-0.1, -0.05) is 11.6 Å². The summed E-state index contributed by atoms with van der Waals surface area (Å²) >= 11 is 7.23. The summed E-state index contributed by atoms with van der Waals surface area (Å²) in [4.78, 5) is 12.1. The third-order valence-corrected chi connectivity index (χ3v) is 4.39. The zero-order valence-electron chi connectivity index (χ0n) is 8.96. The van der Waals surface area contributed by atoms with Crippen LogP contribution in [0, 0.1) is 6.92 Å². The Morgan fingerprint density at radius 3 is 2.88 bits per heavy atom. The molecule has 0 bridgehead atoms. The van der Waals surface area contributed by atoms with Gasteiger partial charge in [-0.25, -0.2) is 4.79 Å². The van der Waals surface area contributed by atoms with Gasteiger partial charge in [0.2, 0.25) is 0 Å². The normalized spacial score (nSPS) is 17.2. The highest BCUT2D eigenvalue weighted by Gasteiger charge is 2.40. The minimum atomic E-state index is -0.574. The SMILES string of the molecule is Cc1csc(C(=O)OCCC2(O)CC2)c1Cl. The maximum absolute atomic E-state index is 11.6. The van der Waals surface area contributed by atoms with Crippen LogP contribution in [0.1, 0.15) is 34.5 Å². The Hall–Kier alpha value is -0.580. The second kappa shape index (κ2) is 4.35. The second-order valence-electron chi connectivity index (χ2n) is 4.17. The van der Waals surface area contributed by atoms with Crippen molar-refractivity contribution in [1.82, 2.24) is 0 Å². The van der Waals surface area contributed by atoms with Gasteiger partial charge in [-0.05, 0) is 30.7 Å². The van der Waals surface area contributed by atoms with Crippen LogP contribution in [0.15, 0.2) is 5.38 Å². The number of carbonyl (C=O) groups is 1. The van der Waals surface area contributed by atoms with Gasteiger partial charge in [0.15, 0.2) is 0 Å². The molecule has 0 unspecified atom stereocenters. The maximum atomic E-state index is 11.6. The third kappa shape index (κ3) is 2.56. The fourth-order valence-electron chi connectivity index (χ4n) is 1.36. The van der Waals surface area contributed by atoms with Gasteiger partial charge in [-0.2, -0.15) is 0 Å². The second-order valence-corrected chi connectivity index (χ2v) is 5.43. The van der Waals surface area contributed by atoms with Crippen molar-refractivity contribution in [3.05, 3.63) is 20.8 Å². The smallest absolute Gasteiger partial charge is 0.349 e. The fraction of sp³-hybridized carbons (Fsp3) is 0.545. The van der Waals surface area contributed by atoms with Crippen LogP contribution in [0.3, 0.4) is 0 Å². The van der Waals surface area contributed by atoms with Gasteiger partial charge in [0.1, 0.15) is 4.88 Å². The van der Waals surface area contributed by atoms with Crippen molar-refractivity contribution < 1.29 is 14.6 Å². The molecule has 0 aromatic carbocycles. The molecule has 0 saturated heterocycles. The first-order valence-electron chi connectivity index (χ1n) is 5.15. The molecule has 2 rings (SSSR count). The Morgan fingerprint density at radius 2 is 2.38 bits per heavy atom. The van der Waals surface area contributed by atoms with E-state index in [1.807, 2.05) is 12.3 Å². The lowest BCUT2D eigenvalue weighted by molar-refractivity contribution is 0.0409. The Kier molecular flexibility index (Phi) is 3.24. The van der Waals surface area contributed by atoms with Crippen molar-refractivity contribution in [2.75, 3.05) is 6.61 Å². The van der Waals surface area contributed by atoms with Crippen molar-refractivity contribution in [3.8, 4) is 0 Å². The molecule has 88 valence electrons. The van der Waals surface area contributed by atoms with E-state index < -0.39 is 11.6 Å². The standard InChI is InChI=1S/C11H13ClO3S/c1-7-6-16-9(8(7)12)10(13)15-5-4-11(14)2-3-11/h6,14H,2-5H2,1H3. The predicted molar refractivity (Wildman–Crippen MR) is 63.1 cm³/mol. The van der Waals surface area contributed by atoms with E-state index in [-0.39, 0.29) is 6.61 Å². The Bertz CT molecular complexity index is 409. The van der Waals surface area contributed by atoms with E-state index in [0.717, 1.165) is 18.4 Å². The molecule has 1 heterocycles. The number of thiophene rings is 1. The third-order valence-electron chi connectivity index (χ3n) is 2.71. The Balaban J connectivity index is 1.86. The first-order valence-corrected chi connectivity index (χ1v) is 6.41. The molecule has 0 atom stereocenters. The van der Waals surface area contributed by atoms with Crippen molar-refractivity contribution in [1.29, 1.82) is 0 Å².